The molecule has 0 fully saturated rings. The van der Waals surface area contributed by atoms with Crippen molar-refractivity contribution in [3.63, 3.8) is 0 Å². The summed E-state index contributed by atoms with van der Waals surface area (Å²) in [5.41, 5.74) is 5.19. The summed E-state index contributed by atoms with van der Waals surface area (Å²) >= 11 is 1.60. The molecule has 0 unspecified atom stereocenters. The zero-order valence-corrected chi connectivity index (χ0v) is 11.6. The monoisotopic (exact) mass is 261 g/mol. The average Bonchev–Trinajstić information content (AvgIpc) is 2.72. The third-order valence-corrected chi connectivity index (χ3v) is 2.94. The van der Waals surface area contributed by atoms with Crippen molar-refractivity contribution < 1.29 is 9.90 Å². The number of hydrogen-bond acceptors (Lipinski definition) is 5. The molecule has 100 valence electrons. The molecule has 1 heterocycles. The van der Waals surface area contributed by atoms with Crippen LogP contribution < -0.4 is 5.73 Å². The molecular weight excluding hydrogens is 238 g/mol. The van der Waals surface area contributed by atoms with Crippen LogP contribution in [0.4, 0.5) is 0 Å². The van der Waals surface area contributed by atoms with Crippen LogP contribution in [0.25, 0.3) is 0 Å². The maximum Gasteiger partial charge on any atom is 0.320 e. The molecule has 0 radical (unpaired) electrons. The fourth-order valence-electron chi connectivity index (χ4n) is 1.16. The number of carbonyl (C=O) groups is 1. The lowest BCUT2D eigenvalue weighted by molar-refractivity contribution is -0.138. The Labute approximate surface area is 108 Å². The van der Waals surface area contributed by atoms with Gasteiger partial charge < -0.3 is 20.6 Å². The van der Waals surface area contributed by atoms with Crippen molar-refractivity contribution in [2.24, 2.45) is 5.73 Å². The van der Waals surface area contributed by atoms with E-state index in [0.717, 1.165) is 19.0 Å². The number of nitrogens with two attached hydrogens (primary N) is 1. The van der Waals surface area contributed by atoms with E-state index in [1.165, 1.54) is 0 Å². The molecule has 0 aromatic carbocycles. The van der Waals surface area contributed by atoms with E-state index in [0.29, 0.717) is 6.42 Å². The van der Waals surface area contributed by atoms with Crippen molar-refractivity contribution >= 4 is 17.7 Å². The highest BCUT2D eigenvalue weighted by Gasteiger charge is 2.09. The third kappa shape index (κ3) is 7.93. The van der Waals surface area contributed by atoms with E-state index in [2.05, 4.69) is 36.2 Å². The molecule has 0 aromatic rings. The Kier molecular flexibility index (Phi) is 8.71. The van der Waals surface area contributed by atoms with E-state index in [9.17, 15) is 4.79 Å². The van der Waals surface area contributed by atoms with Gasteiger partial charge in [0.25, 0.3) is 0 Å². The standard InChI is InChI=1S/C6H12N2.C5H11NO2S/c1-3-8-5-4-7(2)6-8;1-9-3-2-4(6)5(7)8/h4-5H,3,6H2,1-2H3;4H,2-3,6H2,1H3,(H,7,8)/t;4-/m.0/s1. The third-order valence-electron chi connectivity index (χ3n) is 2.29. The lowest BCUT2D eigenvalue weighted by Gasteiger charge is -2.14. The summed E-state index contributed by atoms with van der Waals surface area (Å²) in [5.74, 6) is -0.1000. The molecule has 0 bridgehead atoms. The predicted octanol–water partition coefficient (Wildman–Crippen LogP) is 0.834. The summed E-state index contributed by atoms with van der Waals surface area (Å²) < 4.78 is 0. The van der Waals surface area contributed by atoms with Gasteiger partial charge >= 0.3 is 5.97 Å². The Morgan fingerprint density at radius 1 is 1.59 bits per heavy atom. The van der Waals surface area contributed by atoms with Crippen molar-refractivity contribution in [2.45, 2.75) is 19.4 Å². The fourth-order valence-corrected chi connectivity index (χ4v) is 1.65. The summed E-state index contributed by atoms with van der Waals surface area (Å²) in [6, 6.07) is -0.683. The Morgan fingerprint density at radius 3 is 2.53 bits per heavy atom. The first-order chi connectivity index (χ1) is 8.01. The maximum atomic E-state index is 10.1. The minimum atomic E-state index is -0.913. The van der Waals surface area contributed by atoms with Crippen LogP contribution in [-0.4, -0.2) is 59.2 Å². The first-order valence-electron chi connectivity index (χ1n) is 5.61. The number of nitrogens with zero attached hydrogens (tertiary/aromatic N) is 2. The molecule has 0 saturated carbocycles. The lowest BCUT2D eigenvalue weighted by atomic mass is 10.2. The molecule has 1 aliphatic heterocycles. The molecule has 0 aliphatic carbocycles. The zero-order chi connectivity index (χ0) is 13.3. The van der Waals surface area contributed by atoms with Gasteiger partial charge in [-0.3, -0.25) is 4.79 Å². The summed E-state index contributed by atoms with van der Waals surface area (Å²) in [6.07, 6.45) is 6.68. The first-order valence-corrected chi connectivity index (χ1v) is 7.00. The summed E-state index contributed by atoms with van der Waals surface area (Å²) in [6.45, 7) is 4.32. The van der Waals surface area contributed by atoms with Crippen LogP contribution >= 0.6 is 11.8 Å². The second-order valence-electron chi connectivity index (χ2n) is 3.83. The normalized spacial score (nSPS) is 15.5. The van der Waals surface area contributed by atoms with E-state index in [-0.39, 0.29) is 0 Å². The number of carboxylic acids is 1. The lowest BCUT2D eigenvalue weighted by Crippen LogP contribution is -2.30. The molecule has 0 aromatic heterocycles. The number of hydrogen-bond donors (Lipinski definition) is 2. The zero-order valence-electron chi connectivity index (χ0n) is 10.8. The molecule has 0 spiro atoms. The highest BCUT2D eigenvalue weighted by Crippen LogP contribution is 2.01. The molecule has 1 aliphatic rings. The molecule has 1 rings (SSSR count). The van der Waals surface area contributed by atoms with E-state index >= 15 is 0 Å². The van der Waals surface area contributed by atoms with Gasteiger partial charge in [-0.15, -0.1) is 0 Å². The molecule has 5 nitrogen and oxygen atoms in total. The van der Waals surface area contributed by atoms with Gasteiger partial charge in [0.1, 0.15) is 6.04 Å². The van der Waals surface area contributed by atoms with Crippen LogP contribution in [0.3, 0.4) is 0 Å². The molecule has 6 heteroatoms. The van der Waals surface area contributed by atoms with Crippen molar-refractivity contribution in [3.05, 3.63) is 12.4 Å². The minimum absolute atomic E-state index is 0.552. The molecule has 0 amide bonds. The Balaban J connectivity index is 0.000000302. The van der Waals surface area contributed by atoms with E-state index in [1.807, 2.05) is 6.26 Å². The summed E-state index contributed by atoms with van der Waals surface area (Å²) in [5, 5.41) is 8.27. The van der Waals surface area contributed by atoms with E-state index in [1.54, 1.807) is 11.8 Å². The van der Waals surface area contributed by atoms with Gasteiger partial charge in [0.05, 0.1) is 6.67 Å². The van der Waals surface area contributed by atoms with Crippen LogP contribution in [0.5, 0.6) is 0 Å². The maximum absolute atomic E-state index is 10.1. The van der Waals surface area contributed by atoms with E-state index in [4.69, 9.17) is 10.8 Å². The Bertz CT molecular complexity index is 249. The van der Waals surface area contributed by atoms with Crippen LogP contribution in [0.2, 0.25) is 0 Å². The van der Waals surface area contributed by atoms with Gasteiger partial charge in [-0.2, -0.15) is 11.8 Å². The number of aliphatic carboxylic acids is 1. The SMILES string of the molecule is CCN1C=CN(C)C1.CSCC[C@H](N)C(=O)O. The van der Waals surface area contributed by atoms with Gasteiger partial charge in [0.2, 0.25) is 0 Å². The van der Waals surface area contributed by atoms with Gasteiger partial charge in [0, 0.05) is 26.0 Å². The van der Waals surface area contributed by atoms with Crippen LogP contribution in [0.15, 0.2) is 12.4 Å². The van der Waals surface area contributed by atoms with Gasteiger partial charge in [-0.05, 0) is 25.4 Å². The topological polar surface area (TPSA) is 69.8 Å². The average molecular weight is 261 g/mol. The van der Waals surface area contributed by atoms with Crippen molar-refractivity contribution in [1.29, 1.82) is 0 Å². The van der Waals surface area contributed by atoms with Crippen LogP contribution in [0.1, 0.15) is 13.3 Å². The fraction of sp³-hybridized carbons (Fsp3) is 0.727. The van der Waals surface area contributed by atoms with E-state index < -0.39 is 12.0 Å². The molecule has 17 heavy (non-hydrogen) atoms. The number of rotatable bonds is 5. The quantitative estimate of drug-likeness (QED) is 0.764. The smallest absolute Gasteiger partial charge is 0.320 e. The summed E-state index contributed by atoms with van der Waals surface area (Å²) in [7, 11) is 2.08. The Morgan fingerprint density at radius 2 is 2.24 bits per heavy atom. The second-order valence-corrected chi connectivity index (χ2v) is 4.81. The van der Waals surface area contributed by atoms with Crippen molar-refractivity contribution in [3.8, 4) is 0 Å². The van der Waals surface area contributed by atoms with Gasteiger partial charge in [-0.1, -0.05) is 0 Å². The number of thioether (sulfide) groups is 1. The summed E-state index contributed by atoms with van der Waals surface area (Å²) in [4.78, 5) is 14.5. The molecule has 1 atom stereocenters. The number of carboxylic acid groups (broad SMARTS) is 1. The van der Waals surface area contributed by atoms with Gasteiger partial charge in [-0.25, -0.2) is 0 Å². The van der Waals surface area contributed by atoms with Crippen LogP contribution in [-0.2, 0) is 4.79 Å². The van der Waals surface area contributed by atoms with Crippen molar-refractivity contribution in [2.75, 3.05) is 32.3 Å². The highest BCUT2D eigenvalue weighted by atomic mass is 32.2. The molecule has 0 saturated heterocycles. The first kappa shape index (κ1) is 16.1. The largest absolute Gasteiger partial charge is 0.480 e. The van der Waals surface area contributed by atoms with Crippen LogP contribution in [0, 0.1) is 0 Å². The highest BCUT2D eigenvalue weighted by molar-refractivity contribution is 7.98. The molecular formula is C11H23N3O2S. The van der Waals surface area contributed by atoms with Crippen molar-refractivity contribution in [1.82, 2.24) is 9.80 Å². The predicted molar refractivity (Wildman–Crippen MR) is 72.8 cm³/mol. The van der Waals surface area contributed by atoms with Gasteiger partial charge in [0.15, 0.2) is 0 Å². The minimum Gasteiger partial charge on any atom is -0.480 e. The molecule has 3 N–H and O–H groups in total. The second kappa shape index (κ2) is 9.18. The Hall–Kier alpha value is -0.880.